The number of esters is 1. The van der Waals surface area contributed by atoms with Gasteiger partial charge in [-0.15, -0.1) is 0 Å². The van der Waals surface area contributed by atoms with E-state index in [0.717, 1.165) is 23.1 Å². The second-order valence-electron chi connectivity index (χ2n) is 6.24. The zero-order valence-electron chi connectivity index (χ0n) is 15.2. The highest BCUT2D eigenvalue weighted by Crippen LogP contribution is 2.20. The minimum atomic E-state index is -0.475. The van der Waals surface area contributed by atoms with Crippen LogP contribution in [0.3, 0.4) is 0 Å². The number of rotatable bonds is 5. The minimum Gasteiger partial charge on any atom is -0.457 e. The molecule has 0 atom stereocenters. The van der Waals surface area contributed by atoms with Crippen LogP contribution in [0.4, 0.5) is 0 Å². The summed E-state index contributed by atoms with van der Waals surface area (Å²) >= 11 is 0. The average Bonchev–Trinajstić information content (AvgIpc) is 3.26. The minimum absolute atomic E-state index is 0.0166. The Morgan fingerprint density at radius 2 is 1.96 bits per heavy atom. The molecule has 0 saturated heterocycles. The van der Waals surface area contributed by atoms with Gasteiger partial charge in [0, 0.05) is 17.0 Å². The van der Waals surface area contributed by atoms with Crippen molar-refractivity contribution in [3.8, 4) is 5.69 Å². The SMILES string of the molecule is CCc1ccc2c(COC(=O)c3ccc(-n4cncn4)cc3)cc(=O)oc2c1. The molecule has 0 aliphatic carbocycles. The molecule has 0 aliphatic rings. The summed E-state index contributed by atoms with van der Waals surface area (Å²) in [6.07, 6.45) is 3.85. The fraction of sp³-hybridized carbons (Fsp3) is 0.143. The standard InChI is InChI=1S/C21H17N3O4/c1-2-14-3-8-18-16(10-20(25)28-19(18)9-14)11-27-21(26)15-4-6-17(7-5-15)24-13-22-12-23-24/h3-10,12-13H,2,11H2,1H3. The van der Waals surface area contributed by atoms with Crippen molar-refractivity contribution in [2.75, 3.05) is 0 Å². The summed E-state index contributed by atoms with van der Waals surface area (Å²) in [6.45, 7) is 2.01. The van der Waals surface area contributed by atoms with Gasteiger partial charge in [-0.05, 0) is 42.3 Å². The van der Waals surface area contributed by atoms with Gasteiger partial charge < -0.3 is 9.15 Å². The Balaban J connectivity index is 1.52. The van der Waals surface area contributed by atoms with E-state index in [1.165, 1.54) is 12.4 Å². The van der Waals surface area contributed by atoms with Crippen LogP contribution in [-0.4, -0.2) is 20.7 Å². The van der Waals surface area contributed by atoms with Gasteiger partial charge in [-0.1, -0.05) is 19.1 Å². The van der Waals surface area contributed by atoms with Crippen molar-refractivity contribution in [1.82, 2.24) is 14.8 Å². The third-order valence-electron chi connectivity index (χ3n) is 4.45. The molecule has 0 aliphatic heterocycles. The predicted octanol–water partition coefficient (Wildman–Crippen LogP) is 3.29. The van der Waals surface area contributed by atoms with Crippen LogP contribution in [0.5, 0.6) is 0 Å². The van der Waals surface area contributed by atoms with Gasteiger partial charge in [0.05, 0.1) is 11.3 Å². The maximum Gasteiger partial charge on any atom is 0.338 e. The number of ether oxygens (including phenoxy) is 1. The molecule has 0 bridgehead atoms. The summed E-state index contributed by atoms with van der Waals surface area (Å²) < 4.78 is 12.3. The van der Waals surface area contributed by atoms with E-state index < -0.39 is 11.6 Å². The molecule has 2 aromatic heterocycles. The first kappa shape index (κ1) is 17.7. The molecule has 2 heterocycles. The van der Waals surface area contributed by atoms with Crippen molar-refractivity contribution in [1.29, 1.82) is 0 Å². The molecule has 7 heteroatoms. The van der Waals surface area contributed by atoms with Crippen LogP contribution in [0, 0.1) is 0 Å². The largest absolute Gasteiger partial charge is 0.457 e. The lowest BCUT2D eigenvalue weighted by molar-refractivity contribution is 0.0474. The van der Waals surface area contributed by atoms with Crippen molar-refractivity contribution in [3.63, 3.8) is 0 Å². The number of hydrogen-bond acceptors (Lipinski definition) is 6. The first-order chi connectivity index (χ1) is 13.6. The number of carbonyl (C=O) groups excluding carboxylic acids is 1. The van der Waals surface area contributed by atoms with Crippen molar-refractivity contribution < 1.29 is 13.9 Å². The monoisotopic (exact) mass is 375 g/mol. The highest BCUT2D eigenvalue weighted by atomic mass is 16.5. The molecule has 0 spiro atoms. The number of benzene rings is 2. The molecule has 0 unspecified atom stereocenters. The molecule has 0 amide bonds. The van der Waals surface area contributed by atoms with Crippen LogP contribution < -0.4 is 5.63 Å². The normalized spacial score (nSPS) is 10.9. The molecule has 0 fully saturated rings. The lowest BCUT2D eigenvalue weighted by Crippen LogP contribution is -2.08. The Morgan fingerprint density at radius 1 is 1.14 bits per heavy atom. The molecule has 4 aromatic rings. The van der Waals surface area contributed by atoms with E-state index in [1.807, 2.05) is 25.1 Å². The van der Waals surface area contributed by atoms with Gasteiger partial charge in [0.25, 0.3) is 0 Å². The van der Waals surface area contributed by atoms with Crippen molar-refractivity contribution in [3.05, 3.63) is 88.3 Å². The molecule has 28 heavy (non-hydrogen) atoms. The summed E-state index contributed by atoms with van der Waals surface area (Å²) in [7, 11) is 0. The van der Waals surface area contributed by atoms with Crippen molar-refractivity contribution in [2.45, 2.75) is 20.0 Å². The second kappa shape index (κ2) is 7.48. The number of aryl methyl sites for hydroxylation is 1. The molecule has 140 valence electrons. The lowest BCUT2D eigenvalue weighted by Gasteiger charge is -2.08. The van der Waals surface area contributed by atoms with E-state index in [4.69, 9.17) is 9.15 Å². The number of carbonyl (C=O) groups is 1. The summed E-state index contributed by atoms with van der Waals surface area (Å²) in [6, 6.07) is 13.9. The zero-order valence-corrected chi connectivity index (χ0v) is 15.2. The Morgan fingerprint density at radius 3 is 2.68 bits per heavy atom. The molecular formula is C21H17N3O4. The van der Waals surface area contributed by atoms with Crippen LogP contribution in [0.1, 0.15) is 28.4 Å². The number of hydrogen-bond donors (Lipinski definition) is 0. The van der Waals surface area contributed by atoms with Gasteiger partial charge in [0.15, 0.2) is 0 Å². The molecule has 0 radical (unpaired) electrons. The smallest absolute Gasteiger partial charge is 0.338 e. The molecule has 2 aromatic carbocycles. The summed E-state index contributed by atoms with van der Waals surface area (Å²) in [5.41, 5.74) is 2.90. The summed E-state index contributed by atoms with van der Waals surface area (Å²) in [5.74, 6) is -0.475. The van der Waals surface area contributed by atoms with E-state index in [1.54, 1.807) is 35.3 Å². The second-order valence-corrected chi connectivity index (χ2v) is 6.24. The van der Waals surface area contributed by atoms with E-state index in [-0.39, 0.29) is 6.61 Å². The molecular weight excluding hydrogens is 358 g/mol. The maximum absolute atomic E-state index is 12.4. The first-order valence-electron chi connectivity index (χ1n) is 8.82. The van der Waals surface area contributed by atoms with Crippen LogP contribution in [0.15, 0.2) is 70.4 Å². The van der Waals surface area contributed by atoms with Gasteiger partial charge in [-0.2, -0.15) is 5.10 Å². The topological polar surface area (TPSA) is 87.2 Å². The Hall–Kier alpha value is -3.74. The van der Waals surface area contributed by atoms with Crippen LogP contribution in [0.25, 0.3) is 16.7 Å². The fourth-order valence-electron chi connectivity index (χ4n) is 2.93. The summed E-state index contributed by atoms with van der Waals surface area (Å²) in [5, 5.41) is 4.79. The van der Waals surface area contributed by atoms with Crippen LogP contribution >= 0.6 is 0 Å². The van der Waals surface area contributed by atoms with E-state index >= 15 is 0 Å². The Bertz CT molecular complexity index is 1180. The number of nitrogens with zero attached hydrogens (tertiary/aromatic N) is 3. The third kappa shape index (κ3) is 3.55. The maximum atomic E-state index is 12.4. The predicted molar refractivity (Wildman–Crippen MR) is 102 cm³/mol. The van der Waals surface area contributed by atoms with Crippen molar-refractivity contribution >= 4 is 16.9 Å². The van der Waals surface area contributed by atoms with E-state index in [9.17, 15) is 9.59 Å². The van der Waals surface area contributed by atoms with Gasteiger partial charge >= 0.3 is 11.6 Å². The van der Waals surface area contributed by atoms with Gasteiger partial charge in [0.1, 0.15) is 24.8 Å². The van der Waals surface area contributed by atoms with Crippen LogP contribution in [0.2, 0.25) is 0 Å². The average molecular weight is 375 g/mol. The first-order valence-corrected chi connectivity index (χ1v) is 8.82. The van der Waals surface area contributed by atoms with Crippen LogP contribution in [-0.2, 0) is 17.8 Å². The van der Waals surface area contributed by atoms with Gasteiger partial charge in [-0.3, -0.25) is 0 Å². The zero-order chi connectivity index (χ0) is 19.5. The third-order valence-corrected chi connectivity index (χ3v) is 4.45. The highest BCUT2D eigenvalue weighted by Gasteiger charge is 2.11. The molecule has 0 N–H and O–H groups in total. The van der Waals surface area contributed by atoms with E-state index in [0.29, 0.717) is 16.7 Å². The molecule has 0 saturated carbocycles. The summed E-state index contributed by atoms with van der Waals surface area (Å²) in [4.78, 5) is 28.1. The molecule has 7 nitrogen and oxygen atoms in total. The molecule has 4 rings (SSSR count). The van der Waals surface area contributed by atoms with Crippen molar-refractivity contribution in [2.24, 2.45) is 0 Å². The Kier molecular flexibility index (Phi) is 4.72. The van der Waals surface area contributed by atoms with Gasteiger partial charge in [0.2, 0.25) is 0 Å². The van der Waals surface area contributed by atoms with Gasteiger partial charge in [-0.25, -0.2) is 19.3 Å². The quantitative estimate of drug-likeness (QED) is 0.393. The highest BCUT2D eigenvalue weighted by molar-refractivity contribution is 5.90. The van der Waals surface area contributed by atoms with E-state index in [2.05, 4.69) is 10.1 Å². The number of fused-ring (bicyclic) bond motifs is 1. The fourth-order valence-corrected chi connectivity index (χ4v) is 2.93. The number of aromatic nitrogens is 3. The lowest BCUT2D eigenvalue weighted by atomic mass is 10.1. The Labute approximate surface area is 160 Å².